The Kier molecular flexibility index (Phi) is 4.76. The average Bonchev–Trinajstić information content (AvgIpc) is 3.29. The summed E-state index contributed by atoms with van der Waals surface area (Å²) in [5, 5.41) is 1.04. The number of ether oxygens (including phenoxy) is 1. The molecule has 0 saturated carbocycles. The number of likely N-dealkylation sites (tertiary alicyclic amines) is 1. The van der Waals surface area contributed by atoms with Gasteiger partial charge in [-0.25, -0.2) is 4.98 Å². The first-order chi connectivity index (χ1) is 12.3. The third-order valence-corrected chi connectivity index (χ3v) is 5.64. The van der Waals surface area contributed by atoms with Crippen LogP contribution in [0, 0.1) is 0 Å². The Morgan fingerprint density at radius 2 is 1.96 bits per heavy atom. The fourth-order valence-electron chi connectivity index (χ4n) is 3.27. The standard InChI is InChI=1S/C20H20N2O2S/c23-19(14-24-13-15-7-2-1-3-8-15)22-12-6-10-17(22)20-21-16-9-4-5-11-18(16)25-20/h1-5,7-9,11,17H,6,10,12-14H2. The molecule has 2 aromatic carbocycles. The van der Waals surface area contributed by atoms with Crippen molar-refractivity contribution in [3.8, 4) is 0 Å². The van der Waals surface area contributed by atoms with Crippen molar-refractivity contribution < 1.29 is 9.53 Å². The summed E-state index contributed by atoms with van der Waals surface area (Å²) < 4.78 is 6.81. The highest BCUT2D eigenvalue weighted by atomic mass is 32.1. The van der Waals surface area contributed by atoms with E-state index in [1.165, 1.54) is 4.70 Å². The first-order valence-electron chi connectivity index (χ1n) is 8.58. The number of carbonyl (C=O) groups excluding carboxylic acids is 1. The van der Waals surface area contributed by atoms with E-state index in [1.807, 2.05) is 53.4 Å². The molecule has 25 heavy (non-hydrogen) atoms. The van der Waals surface area contributed by atoms with Gasteiger partial charge in [0.15, 0.2) is 0 Å². The normalized spacial score (nSPS) is 17.3. The Hall–Kier alpha value is -2.24. The van der Waals surface area contributed by atoms with Crippen molar-refractivity contribution in [3.05, 3.63) is 65.2 Å². The molecule has 1 aliphatic heterocycles. The molecule has 1 saturated heterocycles. The summed E-state index contributed by atoms with van der Waals surface area (Å²) in [6.07, 6.45) is 2.00. The number of benzene rings is 2. The summed E-state index contributed by atoms with van der Waals surface area (Å²) in [5.74, 6) is 0.0534. The molecule has 2 heterocycles. The van der Waals surface area contributed by atoms with Gasteiger partial charge in [-0.2, -0.15) is 0 Å². The Morgan fingerprint density at radius 3 is 2.80 bits per heavy atom. The average molecular weight is 352 g/mol. The van der Waals surface area contributed by atoms with Crippen molar-refractivity contribution in [2.75, 3.05) is 13.2 Å². The number of thiazole rings is 1. The summed E-state index contributed by atoms with van der Waals surface area (Å²) in [5.41, 5.74) is 2.10. The fourth-order valence-corrected chi connectivity index (χ4v) is 4.38. The van der Waals surface area contributed by atoms with Gasteiger partial charge in [-0.05, 0) is 30.5 Å². The quantitative estimate of drug-likeness (QED) is 0.692. The van der Waals surface area contributed by atoms with Gasteiger partial charge in [0, 0.05) is 6.54 Å². The molecular weight excluding hydrogens is 332 g/mol. The second kappa shape index (κ2) is 7.33. The van der Waals surface area contributed by atoms with Gasteiger partial charge in [0.25, 0.3) is 0 Å². The zero-order chi connectivity index (χ0) is 17.1. The van der Waals surface area contributed by atoms with Crippen LogP contribution < -0.4 is 0 Å². The number of rotatable bonds is 5. The molecule has 0 spiro atoms. The van der Waals surface area contributed by atoms with Gasteiger partial charge in [0.1, 0.15) is 11.6 Å². The van der Waals surface area contributed by atoms with Crippen LogP contribution >= 0.6 is 11.3 Å². The summed E-state index contributed by atoms with van der Waals surface area (Å²) >= 11 is 1.69. The molecule has 1 atom stereocenters. The van der Waals surface area contributed by atoms with Gasteiger partial charge in [0.2, 0.25) is 5.91 Å². The predicted octanol–water partition coefficient (Wildman–Crippen LogP) is 4.18. The molecule has 3 aromatic rings. The van der Waals surface area contributed by atoms with Crippen LogP contribution in [0.15, 0.2) is 54.6 Å². The van der Waals surface area contributed by atoms with E-state index in [2.05, 4.69) is 6.07 Å². The fraction of sp³-hybridized carbons (Fsp3) is 0.300. The van der Waals surface area contributed by atoms with Crippen LogP contribution in [-0.2, 0) is 16.1 Å². The number of para-hydroxylation sites is 1. The molecule has 0 radical (unpaired) electrons. The molecule has 1 unspecified atom stereocenters. The van der Waals surface area contributed by atoms with E-state index in [1.54, 1.807) is 11.3 Å². The van der Waals surface area contributed by atoms with Crippen LogP contribution in [0.1, 0.15) is 29.5 Å². The summed E-state index contributed by atoms with van der Waals surface area (Å²) in [6, 6.07) is 18.2. The van der Waals surface area contributed by atoms with Crippen molar-refractivity contribution in [3.63, 3.8) is 0 Å². The molecule has 1 amide bonds. The van der Waals surface area contributed by atoms with Gasteiger partial charge in [-0.3, -0.25) is 4.79 Å². The summed E-state index contributed by atoms with van der Waals surface area (Å²) in [7, 11) is 0. The van der Waals surface area contributed by atoms with Crippen LogP contribution in [0.5, 0.6) is 0 Å². The molecule has 0 aliphatic carbocycles. The minimum absolute atomic E-state index is 0.0534. The van der Waals surface area contributed by atoms with Crippen LogP contribution in [0.3, 0.4) is 0 Å². The largest absolute Gasteiger partial charge is 0.367 e. The lowest BCUT2D eigenvalue weighted by molar-refractivity contribution is -0.137. The van der Waals surface area contributed by atoms with Crippen LogP contribution in [-0.4, -0.2) is 28.9 Å². The Morgan fingerprint density at radius 1 is 1.16 bits per heavy atom. The molecule has 128 valence electrons. The maximum absolute atomic E-state index is 12.6. The van der Waals surface area contributed by atoms with Crippen molar-refractivity contribution in [1.29, 1.82) is 0 Å². The highest BCUT2D eigenvalue weighted by Crippen LogP contribution is 2.36. The van der Waals surface area contributed by atoms with E-state index >= 15 is 0 Å². The second-order valence-electron chi connectivity index (χ2n) is 6.24. The number of carbonyl (C=O) groups is 1. The van der Waals surface area contributed by atoms with Crippen molar-refractivity contribution in [2.24, 2.45) is 0 Å². The molecule has 1 aliphatic rings. The lowest BCUT2D eigenvalue weighted by atomic mass is 10.2. The maximum Gasteiger partial charge on any atom is 0.249 e. The number of nitrogens with zero attached hydrogens (tertiary/aromatic N) is 2. The number of amides is 1. The maximum atomic E-state index is 12.6. The van der Waals surface area contributed by atoms with E-state index in [4.69, 9.17) is 9.72 Å². The molecular formula is C20H20N2O2S. The zero-order valence-corrected chi connectivity index (χ0v) is 14.7. The number of hydrogen-bond donors (Lipinski definition) is 0. The van der Waals surface area contributed by atoms with E-state index in [9.17, 15) is 4.79 Å². The van der Waals surface area contributed by atoms with Crippen molar-refractivity contribution in [1.82, 2.24) is 9.88 Å². The van der Waals surface area contributed by atoms with Gasteiger partial charge in [0.05, 0.1) is 22.9 Å². The molecule has 1 aromatic heterocycles. The lowest BCUT2D eigenvalue weighted by Gasteiger charge is -2.23. The number of fused-ring (bicyclic) bond motifs is 1. The third kappa shape index (κ3) is 3.57. The van der Waals surface area contributed by atoms with E-state index in [-0.39, 0.29) is 18.6 Å². The van der Waals surface area contributed by atoms with E-state index < -0.39 is 0 Å². The first-order valence-corrected chi connectivity index (χ1v) is 9.39. The Balaban J connectivity index is 1.41. The van der Waals surface area contributed by atoms with E-state index in [0.717, 1.165) is 35.5 Å². The van der Waals surface area contributed by atoms with Crippen molar-refractivity contribution in [2.45, 2.75) is 25.5 Å². The smallest absolute Gasteiger partial charge is 0.249 e. The topological polar surface area (TPSA) is 42.4 Å². The summed E-state index contributed by atoms with van der Waals surface area (Å²) in [4.78, 5) is 19.3. The molecule has 5 heteroatoms. The monoisotopic (exact) mass is 352 g/mol. The minimum atomic E-state index is 0.0534. The molecule has 4 rings (SSSR count). The highest BCUT2D eigenvalue weighted by molar-refractivity contribution is 7.18. The van der Waals surface area contributed by atoms with Crippen LogP contribution in [0.4, 0.5) is 0 Å². The van der Waals surface area contributed by atoms with Crippen LogP contribution in [0.2, 0.25) is 0 Å². The number of aromatic nitrogens is 1. The van der Waals surface area contributed by atoms with Crippen LogP contribution in [0.25, 0.3) is 10.2 Å². The highest BCUT2D eigenvalue weighted by Gasteiger charge is 2.32. The second-order valence-corrected chi connectivity index (χ2v) is 7.31. The Labute approximate surface area is 151 Å². The molecule has 1 fully saturated rings. The van der Waals surface area contributed by atoms with Crippen molar-refractivity contribution >= 4 is 27.5 Å². The molecule has 0 N–H and O–H groups in total. The Bertz CT molecular complexity index is 829. The van der Waals surface area contributed by atoms with Gasteiger partial charge >= 0.3 is 0 Å². The molecule has 0 bridgehead atoms. The zero-order valence-electron chi connectivity index (χ0n) is 13.9. The minimum Gasteiger partial charge on any atom is -0.367 e. The SMILES string of the molecule is O=C(COCc1ccccc1)N1CCCC1c1nc2ccccc2s1. The van der Waals surface area contributed by atoms with Gasteiger partial charge < -0.3 is 9.64 Å². The third-order valence-electron chi connectivity index (χ3n) is 4.51. The predicted molar refractivity (Wildman–Crippen MR) is 99.4 cm³/mol. The first kappa shape index (κ1) is 16.2. The summed E-state index contributed by atoms with van der Waals surface area (Å²) in [6.45, 7) is 1.37. The number of hydrogen-bond acceptors (Lipinski definition) is 4. The lowest BCUT2D eigenvalue weighted by Crippen LogP contribution is -2.33. The molecule has 4 nitrogen and oxygen atoms in total. The van der Waals surface area contributed by atoms with Gasteiger partial charge in [-0.1, -0.05) is 42.5 Å². The van der Waals surface area contributed by atoms with E-state index in [0.29, 0.717) is 6.61 Å². The van der Waals surface area contributed by atoms with Gasteiger partial charge in [-0.15, -0.1) is 11.3 Å².